The van der Waals surface area contributed by atoms with Crippen LogP contribution in [0.1, 0.15) is 5.56 Å². The van der Waals surface area contributed by atoms with E-state index in [0.29, 0.717) is 5.13 Å². The van der Waals surface area contributed by atoms with Gasteiger partial charge < -0.3 is 4.90 Å². The van der Waals surface area contributed by atoms with E-state index in [-0.39, 0.29) is 6.03 Å². The van der Waals surface area contributed by atoms with Gasteiger partial charge in [0.05, 0.1) is 0 Å². The molecule has 1 saturated heterocycles. The van der Waals surface area contributed by atoms with E-state index in [1.165, 1.54) is 16.9 Å². The molecule has 3 rings (SSSR count). The zero-order valence-electron chi connectivity index (χ0n) is 12.3. The lowest BCUT2D eigenvalue weighted by atomic mass is 10.1. The molecule has 2 heterocycles. The molecule has 0 unspecified atom stereocenters. The van der Waals surface area contributed by atoms with Gasteiger partial charge in [-0.3, -0.25) is 10.2 Å². The molecule has 0 bridgehead atoms. The van der Waals surface area contributed by atoms with Crippen molar-refractivity contribution in [2.24, 2.45) is 0 Å². The number of carbonyl (C=O) groups excluding carboxylic acids is 1. The highest BCUT2D eigenvalue weighted by atomic mass is 32.1. The molecule has 6 nitrogen and oxygen atoms in total. The maximum atomic E-state index is 12.1. The minimum atomic E-state index is -0.0838. The molecule has 7 heteroatoms. The summed E-state index contributed by atoms with van der Waals surface area (Å²) in [5, 5.41) is 10.9. The summed E-state index contributed by atoms with van der Waals surface area (Å²) in [6.07, 6.45) is 1.05. The van der Waals surface area contributed by atoms with Crippen molar-refractivity contribution in [3.05, 3.63) is 41.4 Å². The molecule has 1 aliphatic rings. The molecule has 0 saturated carbocycles. The molecule has 0 atom stereocenters. The fourth-order valence-corrected chi connectivity index (χ4v) is 2.94. The Balaban J connectivity index is 1.41. The smallest absolute Gasteiger partial charge is 0.322 e. The topological polar surface area (TPSA) is 61.4 Å². The summed E-state index contributed by atoms with van der Waals surface area (Å²) < 4.78 is 0. The number of amides is 2. The zero-order chi connectivity index (χ0) is 15.2. The largest absolute Gasteiger partial charge is 0.323 e. The molecule has 0 radical (unpaired) electrons. The van der Waals surface area contributed by atoms with Crippen LogP contribution in [-0.2, 0) is 6.42 Å². The second-order valence-electron chi connectivity index (χ2n) is 5.24. The minimum Gasteiger partial charge on any atom is -0.322 e. The number of rotatable bonds is 4. The highest BCUT2D eigenvalue weighted by Crippen LogP contribution is 2.11. The Morgan fingerprint density at radius 1 is 1.18 bits per heavy atom. The SMILES string of the molecule is O=C(Nc1nncs1)N1CCN(CCc2ccccc2)CC1. The zero-order valence-corrected chi connectivity index (χ0v) is 13.1. The molecule has 1 aromatic carbocycles. The van der Waals surface area contributed by atoms with Crippen LogP contribution in [0.3, 0.4) is 0 Å². The van der Waals surface area contributed by atoms with E-state index in [2.05, 4.69) is 44.7 Å². The first kappa shape index (κ1) is 14.9. The second kappa shape index (κ2) is 7.33. The van der Waals surface area contributed by atoms with Crippen molar-refractivity contribution in [2.45, 2.75) is 6.42 Å². The molecule has 116 valence electrons. The monoisotopic (exact) mass is 317 g/mol. The van der Waals surface area contributed by atoms with Crippen LogP contribution in [0.25, 0.3) is 0 Å². The van der Waals surface area contributed by atoms with Crippen molar-refractivity contribution in [1.29, 1.82) is 0 Å². The van der Waals surface area contributed by atoms with E-state index in [9.17, 15) is 4.79 Å². The number of hydrogen-bond donors (Lipinski definition) is 1. The molecule has 2 aromatic rings. The van der Waals surface area contributed by atoms with E-state index in [1.54, 1.807) is 5.51 Å². The maximum Gasteiger partial charge on any atom is 0.323 e. The van der Waals surface area contributed by atoms with Crippen LogP contribution < -0.4 is 5.32 Å². The predicted octanol–water partition coefficient (Wildman–Crippen LogP) is 1.93. The Bertz CT molecular complexity index is 581. The van der Waals surface area contributed by atoms with Crippen LogP contribution >= 0.6 is 11.3 Å². The number of hydrogen-bond acceptors (Lipinski definition) is 5. The van der Waals surface area contributed by atoms with Crippen molar-refractivity contribution in [3.8, 4) is 0 Å². The third kappa shape index (κ3) is 4.02. The van der Waals surface area contributed by atoms with E-state index < -0.39 is 0 Å². The van der Waals surface area contributed by atoms with Crippen LogP contribution in [0.15, 0.2) is 35.8 Å². The van der Waals surface area contributed by atoms with Gasteiger partial charge in [-0.2, -0.15) is 0 Å². The highest BCUT2D eigenvalue weighted by molar-refractivity contribution is 7.13. The van der Waals surface area contributed by atoms with E-state index in [4.69, 9.17) is 0 Å². The fraction of sp³-hybridized carbons (Fsp3) is 0.400. The van der Waals surface area contributed by atoms with Gasteiger partial charge in [-0.25, -0.2) is 4.79 Å². The van der Waals surface area contributed by atoms with Crippen LogP contribution in [0.5, 0.6) is 0 Å². The number of piperazine rings is 1. The van der Waals surface area contributed by atoms with E-state index in [1.807, 2.05) is 11.0 Å². The summed E-state index contributed by atoms with van der Waals surface area (Å²) in [5.41, 5.74) is 2.97. The number of aromatic nitrogens is 2. The van der Waals surface area contributed by atoms with Crippen molar-refractivity contribution in [3.63, 3.8) is 0 Å². The molecular formula is C15H19N5OS. The lowest BCUT2D eigenvalue weighted by Gasteiger charge is -2.34. The summed E-state index contributed by atoms with van der Waals surface area (Å²) in [6.45, 7) is 4.36. The van der Waals surface area contributed by atoms with Gasteiger partial charge in [-0.1, -0.05) is 41.7 Å². The Morgan fingerprint density at radius 3 is 2.64 bits per heavy atom. The number of urea groups is 1. The number of nitrogens with zero attached hydrogens (tertiary/aromatic N) is 4. The van der Waals surface area contributed by atoms with Gasteiger partial charge in [-0.05, 0) is 12.0 Å². The van der Waals surface area contributed by atoms with Crippen molar-refractivity contribution >= 4 is 22.5 Å². The number of benzene rings is 1. The van der Waals surface area contributed by atoms with Gasteiger partial charge in [0, 0.05) is 32.7 Å². The average molecular weight is 317 g/mol. The Labute approximate surface area is 133 Å². The summed E-state index contributed by atoms with van der Waals surface area (Å²) in [7, 11) is 0. The summed E-state index contributed by atoms with van der Waals surface area (Å²) in [6, 6.07) is 10.4. The summed E-state index contributed by atoms with van der Waals surface area (Å²) in [4.78, 5) is 16.3. The van der Waals surface area contributed by atoms with Crippen LogP contribution in [0, 0.1) is 0 Å². The molecule has 1 aliphatic heterocycles. The Morgan fingerprint density at radius 2 is 1.95 bits per heavy atom. The predicted molar refractivity (Wildman–Crippen MR) is 87.1 cm³/mol. The third-order valence-corrected chi connectivity index (χ3v) is 4.40. The molecule has 1 fully saturated rings. The highest BCUT2D eigenvalue weighted by Gasteiger charge is 2.21. The van der Waals surface area contributed by atoms with Gasteiger partial charge in [0.15, 0.2) is 0 Å². The van der Waals surface area contributed by atoms with Gasteiger partial charge in [0.25, 0.3) is 0 Å². The molecule has 1 aromatic heterocycles. The fourth-order valence-electron chi connectivity index (χ4n) is 2.50. The van der Waals surface area contributed by atoms with E-state index in [0.717, 1.165) is 39.1 Å². The van der Waals surface area contributed by atoms with Gasteiger partial charge in [0.1, 0.15) is 5.51 Å². The molecule has 0 aliphatic carbocycles. The second-order valence-corrected chi connectivity index (χ2v) is 6.07. The van der Waals surface area contributed by atoms with Crippen LogP contribution in [-0.4, -0.2) is 58.8 Å². The number of carbonyl (C=O) groups is 1. The molecule has 0 spiro atoms. The van der Waals surface area contributed by atoms with Gasteiger partial charge in [-0.15, -0.1) is 10.2 Å². The number of anilines is 1. The standard InChI is InChI=1S/C15H19N5OS/c21-15(17-14-18-16-12-22-14)20-10-8-19(9-11-20)7-6-13-4-2-1-3-5-13/h1-5,12H,6-11H2,(H,17,18,21). The van der Waals surface area contributed by atoms with Gasteiger partial charge in [0.2, 0.25) is 5.13 Å². The first-order chi connectivity index (χ1) is 10.8. The van der Waals surface area contributed by atoms with Crippen molar-refractivity contribution < 1.29 is 4.79 Å². The Kier molecular flexibility index (Phi) is 4.97. The van der Waals surface area contributed by atoms with Crippen molar-refractivity contribution in [2.75, 3.05) is 38.0 Å². The Hall–Kier alpha value is -1.99. The third-order valence-electron chi connectivity index (χ3n) is 3.79. The summed E-state index contributed by atoms with van der Waals surface area (Å²) >= 11 is 1.33. The first-order valence-electron chi connectivity index (χ1n) is 7.39. The van der Waals surface area contributed by atoms with E-state index >= 15 is 0 Å². The first-order valence-corrected chi connectivity index (χ1v) is 8.27. The molecular weight excluding hydrogens is 298 g/mol. The molecule has 1 N–H and O–H groups in total. The van der Waals surface area contributed by atoms with Crippen LogP contribution in [0.2, 0.25) is 0 Å². The molecule has 22 heavy (non-hydrogen) atoms. The lowest BCUT2D eigenvalue weighted by molar-refractivity contribution is 0.148. The lowest BCUT2D eigenvalue weighted by Crippen LogP contribution is -2.50. The average Bonchev–Trinajstić information content (AvgIpc) is 3.07. The normalized spacial score (nSPS) is 15.7. The maximum absolute atomic E-state index is 12.1. The number of nitrogens with one attached hydrogen (secondary N) is 1. The van der Waals surface area contributed by atoms with Crippen molar-refractivity contribution in [1.82, 2.24) is 20.0 Å². The minimum absolute atomic E-state index is 0.0838. The van der Waals surface area contributed by atoms with Gasteiger partial charge >= 0.3 is 6.03 Å². The molecule has 2 amide bonds. The quantitative estimate of drug-likeness (QED) is 0.936. The summed E-state index contributed by atoms with van der Waals surface area (Å²) in [5.74, 6) is 0. The van der Waals surface area contributed by atoms with Crippen LogP contribution in [0.4, 0.5) is 9.93 Å².